The number of hydrogen-bond donors (Lipinski definition) is 1. The Kier molecular flexibility index (Phi) is 1.32. The van der Waals surface area contributed by atoms with Gasteiger partial charge in [-0.2, -0.15) is 0 Å². The Balaban J connectivity index is 2.62. The molecule has 1 heteroatoms. The second kappa shape index (κ2) is 2.31. The summed E-state index contributed by atoms with van der Waals surface area (Å²) in [6.45, 7) is 1.90. The Bertz CT molecular complexity index is 131. The predicted octanol–water partition coefficient (Wildman–Crippen LogP) is 1.48. The standard InChI is InChI=1S/C7H12O/c1-6-3-2-4-7(8)5-6/h3,7-8H,2,4-5H2,1H3/t7-/m1/s1/i5D/t5-,7-. The molecule has 0 heterocycles. The average Bonchev–Trinajstić information content (AvgIpc) is 1.83. The van der Waals surface area contributed by atoms with E-state index in [9.17, 15) is 0 Å². The molecular weight excluding hydrogens is 100 g/mol. The fourth-order valence-electron chi connectivity index (χ4n) is 0.937. The summed E-state index contributed by atoms with van der Waals surface area (Å²) in [5.74, 6) is 0. The molecule has 0 saturated heterocycles. The third-order valence-corrected chi connectivity index (χ3v) is 1.38. The minimum Gasteiger partial charge on any atom is -0.393 e. The average molecular weight is 113 g/mol. The van der Waals surface area contributed by atoms with Gasteiger partial charge in [0.25, 0.3) is 0 Å². The molecule has 8 heavy (non-hydrogen) atoms. The maximum atomic E-state index is 9.12. The van der Waals surface area contributed by atoms with Gasteiger partial charge in [0.1, 0.15) is 0 Å². The van der Waals surface area contributed by atoms with Gasteiger partial charge in [-0.25, -0.2) is 0 Å². The third-order valence-electron chi connectivity index (χ3n) is 1.38. The summed E-state index contributed by atoms with van der Waals surface area (Å²) in [6, 6.07) is 0. The fourth-order valence-corrected chi connectivity index (χ4v) is 0.937. The van der Waals surface area contributed by atoms with Crippen molar-refractivity contribution in [2.75, 3.05) is 0 Å². The van der Waals surface area contributed by atoms with Crippen LogP contribution in [0.3, 0.4) is 0 Å². The molecule has 46 valence electrons. The minimum absolute atomic E-state index is 0.362. The Morgan fingerprint density at radius 3 is 3.25 bits per heavy atom. The minimum atomic E-state index is -0.421. The van der Waals surface area contributed by atoms with Crippen molar-refractivity contribution < 1.29 is 6.48 Å². The van der Waals surface area contributed by atoms with Crippen LogP contribution in [-0.4, -0.2) is 11.2 Å². The first kappa shape index (κ1) is 4.57. The second-order valence-electron chi connectivity index (χ2n) is 2.26. The lowest BCUT2D eigenvalue weighted by molar-refractivity contribution is 0.160. The molecule has 0 aromatic rings. The Labute approximate surface area is 51.4 Å². The van der Waals surface area contributed by atoms with Crippen LogP contribution >= 0.6 is 0 Å². The molecule has 0 aromatic carbocycles. The Morgan fingerprint density at radius 2 is 2.75 bits per heavy atom. The first-order chi connectivity index (χ1) is 4.22. The van der Waals surface area contributed by atoms with E-state index in [2.05, 4.69) is 0 Å². The number of allylic oxidation sites excluding steroid dienone is 1. The van der Waals surface area contributed by atoms with Gasteiger partial charge in [-0.15, -0.1) is 0 Å². The molecular formula is C7H12O. The van der Waals surface area contributed by atoms with Crippen molar-refractivity contribution in [1.82, 2.24) is 0 Å². The lowest BCUT2D eigenvalue weighted by atomic mass is 9.98. The monoisotopic (exact) mass is 113 g/mol. The van der Waals surface area contributed by atoms with E-state index >= 15 is 0 Å². The summed E-state index contributed by atoms with van der Waals surface area (Å²) in [4.78, 5) is 0. The van der Waals surface area contributed by atoms with Crippen molar-refractivity contribution >= 4 is 0 Å². The van der Waals surface area contributed by atoms with Crippen LogP contribution in [0.1, 0.15) is 27.5 Å². The van der Waals surface area contributed by atoms with E-state index in [1.807, 2.05) is 13.0 Å². The van der Waals surface area contributed by atoms with E-state index in [-0.39, 0.29) is 6.40 Å². The highest BCUT2D eigenvalue weighted by Gasteiger charge is 2.07. The first-order valence-electron chi connectivity index (χ1n) is 3.56. The van der Waals surface area contributed by atoms with Crippen LogP contribution < -0.4 is 0 Å². The first-order valence-corrected chi connectivity index (χ1v) is 2.99. The summed E-state index contributed by atoms with van der Waals surface area (Å²) >= 11 is 0. The predicted molar refractivity (Wildman–Crippen MR) is 33.6 cm³/mol. The molecule has 0 spiro atoms. The third kappa shape index (κ3) is 1.34. The topological polar surface area (TPSA) is 20.2 Å². The van der Waals surface area contributed by atoms with E-state index in [1.54, 1.807) is 0 Å². The van der Waals surface area contributed by atoms with Gasteiger partial charge >= 0.3 is 0 Å². The fraction of sp³-hybridized carbons (Fsp3) is 0.714. The maximum Gasteiger partial charge on any atom is 0.0580 e. The van der Waals surface area contributed by atoms with E-state index < -0.39 is 6.10 Å². The van der Waals surface area contributed by atoms with Crippen molar-refractivity contribution in [2.24, 2.45) is 0 Å². The number of rotatable bonds is 0. The summed E-state index contributed by atoms with van der Waals surface area (Å²) in [7, 11) is 0. The van der Waals surface area contributed by atoms with Crippen LogP contribution in [0.4, 0.5) is 0 Å². The molecule has 1 N–H and O–H groups in total. The highest BCUT2D eigenvalue weighted by molar-refractivity contribution is 5.03. The van der Waals surface area contributed by atoms with Crippen molar-refractivity contribution in [2.45, 2.75) is 32.3 Å². The van der Waals surface area contributed by atoms with E-state index in [4.69, 9.17) is 6.48 Å². The summed E-state index contributed by atoms with van der Waals surface area (Å²) in [5, 5.41) is 9.12. The Morgan fingerprint density at radius 1 is 2.00 bits per heavy atom. The van der Waals surface area contributed by atoms with Gasteiger partial charge in [-0.1, -0.05) is 11.6 Å². The molecule has 0 aliphatic heterocycles. The van der Waals surface area contributed by atoms with Crippen LogP contribution in [-0.2, 0) is 0 Å². The van der Waals surface area contributed by atoms with Gasteiger partial charge in [0.05, 0.1) is 6.10 Å². The SMILES string of the molecule is [2H][C@@H]1C(C)=CCC[C@H]1O. The van der Waals surface area contributed by atoms with Crippen molar-refractivity contribution in [1.29, 1.82) is 0 Å². The van der Waals surface area contributed by atoms with E-state index in [0.29, 0.717) is 0 Å². The molecule has 0 saturated carbocycles. The number of aliphatic hydroxyl groups excluding tert-OH is 1. The number of aliphatic hydroxyl groups is 1. The van der Waals surface area contributed by atoms with Crippen molar-refractivity contribution in [3.63, 3.8) is 0 Å². The zero-order chi connectivity index (χ0) is 6.85. The quantitative estimate of drug-likeness (QED) is 0.472. The van der Waals surface area contributed by atoms with Crippen molar-refractivity contribution in [3.05, 3.63) is 11.6 Å². The summed E-state index contributed by atoms with van der Waals surface area (Å²) < 4.78 is 7.37. The zero-order valence-corrected chi connectivity index (χ0v) is 5.09. The van der Waals surface area contributed by atoms with Crippen LogP contribution in [0.25, 0.3) is 0 Å². The molecule has 2 atom stereocenters. The molecule has 0 bridgehead atoms. The lowest BCUT2D eigenvalue weighted by Gasteiger charge is -2.14. The van der Waals surface area contributed by atoms with Gasteiger partial charge in [-0.3, -0.25) is 0 Å². The molecule has 1 aliphatic carbocycles. The van der Waals surface area contributed by atoms with Crippen molar-refractivity contribution in [3.8, 4) is 0 Å². The van der Waals surface area contributed by atoms with E-state index in [0.717, 1.165) is 18.4 Å². The van der Waals surface area contributed by atoms with Gasteiger partial charge in [0.2, 0.25) is 0 Å². The highest BCUT2D eigenvalue weighted by Crippen LogP contribution is 2.16. The molecule has 1 rings (SSSR count). The van der Waals surface area contributed by atoms with E-state index in [1.165, 1.54) is 0 Å². The molecule has 1 aliphatic rings. The molecule has 0 unspecified atom stereocenters. The largest absolute Gasteiger partial charge is 0.393 e. The maximum absolute atomic E-state index is 9.12. The van der Waals surface area contributed by atoms with Gasteiger partial charge in [-0.05, 0) is 26.2 Å². The molecule has 0 amide bonds. The number of hydrogen-bond acceptors (Lipinski definition) is 1. The highest BCUT2D eigenvalue weighted by atomic mass is 16.3. The molecule has 0 aromatic heterocycles. The van der Waals surface area contributed by atoms with Crippen LogP contribution in [0.2, 0.25) is 0 Å². The lowest BCUT2D eigenvalue weighted by Crippen LogP contribution is -2.09. The van der Waals surface area contributed by atoms with Crippen LogP contribution in [0.15, 0.2) is 11.6 Å². The normalized spacial score (nSPS) is 40.8. The van der Waals surface area contributed by atoms with Gasteiger partial charge in [0, 0.05) is 1.37 Å². The summed E-state index contributed by atoms with van der Waals surface area (Å²) in [5.41, 5.74) is 1.01. The Hall–Kier alpha value is -0.300. The van der Waals surface area contributed by atoms with Gasteiger partial charge < -0.3 is 5.11 Å². The molecule has 0 fully saturated rings. The zero-order valence-electron chi connectivity index (χ0n) is 6.09. The summed E-state index contributed by atoms with van der Waals surface area (Å²) in [6.07, 6.45) is 2.94. The smallest absolute Gasteiger partial charge is 0.0580 e. The molecule has 0 radical (unpaired) electrons. The van der Waals surface area contributed by atoms with Gasteiger partial charge in [0.15, 0.2) is 0 Å². The van der Waals surface area contributed by atoms with Crippen LogP contribution in [0.5, 0.6) is 0 Å². The van der Waals surface area contributed by atoms with Crippen LogP contribution in [0, 0.1) is 0 Å². The molecule has 1 nitrogen and oxygen atoms in total. The second-order valence-corrected chi connectivity index (χ2v) is 2.26.